The van der Waals surface area contributed by atoms with Crippen LogP contribution in [0.4, 0.5) is 0 Å². The van der Waals surface area contributed by atoms with Gasteiger partial charge in [0.15, 0.2) is 0 Å². The molecule has 0 aromatic heterocycles. The van der Waals surface area contributed by atoms with E-state index in [0.29, 0.717) is 0 Å². The molecular weight excluding hydrogens is 229 g/mol. The van der Waals surface area contributed by atoms with Gasteiger partial charge in [0.2, 0.25) is 0 Å². The second-order valence-corrected chi connectivity index (χ2v) is 21.9. The van der Waals surface area contributed by atoms with Gasteiger partial charge in [0, 0.05) is 0 Å². The molecule has 75 valence electrons. The van der Waals surface area contributed by atoms with Crippen LogP contribution < -0.4 is 0 Å². The molecule has 0 amide bonds. The van der Waals surface area contributed by atoms with Gasteiger partial charge in [-0.05, 0) is 0 Å². The van der Waals surface area contributed by atoms with Gasteiger partial charge in [-0.2, -0.15) is 0 Å². The third-order valence-corrected chi connectivity index (χ3v) is 23.0. The van der Waals surface area contributed by atoms with Crippen LogP contribution in [0.1, 0.15) is 0 Å². The van der Waals surface area contributed by atoms with E-state index in [1.54, 1.807) is 0 Å². The average molecular weight is 254 g/mol. The van der Waals surface area contributed by atoms with E-state index in [9.17, 15) is 0 Å². The van der Waals surface area contributed by atoms with Crippen molar-refractivity contribution >= 4 is 0 Å². The van der Waals surface area contributed by atoms with Crippen LogP contribution in [-0.2, 0) is 19.7 Å². The van der Waals surface area contributed by atoms with Gasteiger partial charge in [-0.3, -0.25) is 0 Å². The summed E-state index contributed by atoms with van der Waals surface area (Å²) in [5.74, 6) is 0. The molecular formula is C8H24N3Zr. The van der Waals surface area contributed by atoms with Crippen LogP contribution in [0.2, 0.25) is 9.26 Å². The summed E-state index contributed by atoms with van der Waals surface area (Å²) in [5, 5.41) is 0. The van der Waals surface area contributed by atoms with Crippen LogP contribution in [-0.4, -0.2) is 50.8 Å². The quantitative estimate of drug-likeness (QED) is 0.748. The van der Waals surface area contributed by atoms with Gasteiger partial charge in [0.25, 0.3) is 0 Å². The van der Waals surface area contributed by atoms with Crippen molar-refractivity contribution in [2.75, 3.05) is 42.3 Å². The van der Waals surface area contributed by atoms with Gasteiger partial charge in [0.1, 0.15) is 0 Å². The Morgan fingerprint density at radius 3 is 0.750 bits per heavy atom. The Morgan fingerprint density at radius 2 is 0.750 bits per heavy atom. The standard InChI is InChI=1S/3C2H6N.2CH3.Zr/c3*1-3-2;;;/h3*1-2H3;2*1H3;/q3*-1;;;+3. The van der Waals surface area contributed by atoms with Gasteiger partial charge in [-0.1, -0.05) is 0 Å². The predicted octanol–water partition coefficient (Wildman–Crippen LogP) is 1.20. The zero-order valence-electron chi connectivity index (χ0n) is 9.84. The molecule has 0 saturated heterocycles. The van der Waals surface area contributed by atoms with Gasteiger partial charge >= 0.3 is 79.7 Å². The Hall–Kier alpha value is 0.763. The predicted molar refractivity (Wildman–Crippen MR) is 52.8 cm³/mol. The molecule has 0 aromatic rings. The van der Waals surface area contributed by atoms with Crippen molar-refractivity contribution in [3.63, 3.8) is 0 Å². The van der Waals surface area contributed by atoms with E-state index in [1.807, 2.05) is 0 Å². The minimum atomic E-state index is -2.88. The fourth-order valence-corrected chi connectivity index (χ4v) is 7.10. The maximum absolute atomic E-state index is 2.88. The summed E-state index contributed by atoms with van der Waals surface area (Å²) in [6.45, 7) is 0. The van der Waals surface area contributed by atoms with Crippen LogP contribution in [0.3, 0.4) is 0 Å². The van der Waals surface area contributed by atoms with Crippen molar-refractivity contribution in [3.8, 4) is 0 Å². The molecule has 0 heterocycles. The van der Waals surface area contributed by atoms with E-state index in [0.717, 1.165) is 0 Å². The minimum absolute atomic E-state index is 2.19. The molecule has 0 aliphatic rings. The Labute approximate surface area is 79.7 Å². The Bertz CT molecular complexity index is 135. The monoisotopic (exact) mass is 252 g/mol. The molecule has 12 heavy (non-hydrogen) atoms. The second-order valence-electron chi connectivity index (χ2n) is 4.82. The SMILES string of the molecule is C[N](C)[Zr]([CH3])([CH3])([N](C)C)[N](C)C. The van der Waals surface area contributed by atoms with Crippen LogP contribution in [0.25, 0.3) is 0 Å². The van der Waals surface area contributed by atoms with Crippen molar-refractivity contribution in [1.82, 2.24) is 8.53 Å². The van der Waals surface area contributed by atoms with E-state index >= 15 is 0 Å². The van der Waals surface area contributed by atoms with Gasteiger partial charge < -0.3 is 0 Å². The molecule has 0 bridgehead atoms. The Morgan fingerprint density at radius 1 is 0.583 bits per heavy atom. The molecule has 0 saturated carbocycles. The topological polar surface area (TPSA) is 9.72 Å². The summed E-state index contributed by atoms with van der Waals surface area (Å²) in [6, 6.07) is 0. The van der Waals surface area contributed by atoms with E-state index in [2.05, 4.69) is 60.1 Å². The zero-order valence-corrected chi connectivity index (χ0v) is 12.3. The van der Waals surface area contributed by atoms with Crippen molar-refractivity contribution in [2.24, 2.45) is 0 Å². The third kappa shape index (κ3) is 1.67. The Kier molecular flexibility index (Phi) is 3.71. The van der Waals surface area contributed by atoms with Crippen LogP contribution in [0.5, 0.6) is 0 Å². The number of hydrogen-bond donors (Lipinski definition) is 0. The summed E-state index contributed by atoms with van der Waals surface area (Å²) < 4.78 is 12.1. The first kappa shape index (κ1) is 12.8. The van der Waals surface area contributed by atoms with Gasteiger partial charge in [-0.25, -0.2) is 0 Å². The molecule has 4 heteroatoms. The molecule has 0 radical (unpaired) electrons. The fraction of sp³-hybridized carbons (Fsp3) is 1.00. The molecule has 0 aromatic carbocycles. The second kappa shape index (κ2) is 3.49. The van der Waals surface area contributed by atoms with Gasteiger partial charge in [0.05, 0.1) is 0 Å². The molecule has 0 rings (SSSR count). The molecule has 0 N–H and O–H groups in total. The number of hydrogen-bond acceptors (Lipinski definition) is 3. The normalized spacial score (nSPS) is 17.1. The van der Waals surface area contributed by atoms with E-state index in [4.69, 9.17) is 0 Å². The Balaban J connectivity index is 5.09. The fourth-order valence-electron chi connectivity index (χ4n) is 1.20. The number of rotatable bonds is 3. The van der Waals surface area contributed by atoms with E-state index in [1.165, 1.54) is 0 Å². The first-order chi connectivity index (χ1) is 5.13. The first-order valence-electron chi connectivity index (χ1n) is 4.35. The van der Waals surface area contributed by atoms with E-state index in [-0.39, 0.29) is 0 Å². The summed E-state index contributed by atoms with van der Waals surface area (Å²) in [6.07, 6.45) is 0. The van der Waals surface area contributed by atoms with Crippen molar-refractivity contribution in [2.45, 2.75) is 9.26 Å². The molecule has 3 nitrogen and oxygen atoms in total. The summed E-state index contributed by atoms with van der Waals surface area (Å²) >= 11 is -2.88. The van der Waals surface area contributed by atoms with E-state index < -0.39 is 19.7 Å². The molecule has 0 aliphatic heterocycles. The van der Waals surface area contributed by atoms with Crippen molar-refractivity contribution < 1.29 is 19.7 Å². The summed E-state index contributed by atoms with van der Waals surface area (Å²) in [4.78, 5) is 0. The van der Waals surface area contributed by atoms with Gasteiger partial charge in [-0.15, -0.1) is 0 Å². The molecule has 0 unspecified atom stereocenters. The first-order valence-corrected chi connectivity index (χ1v) is 12.6. The van der Waals surface area contributed by atoms with Crippen LogP contribution in [0.15, 0.2) is 0 Å². The maximum atomic E-state index is 2.42. The molecule has 0 aliphatic carbocycles. The van der Waals surface area contributed by atoms with Crippen molar-refractivity contribution in [3.05, 3.63) is 0 Å². The van der Waals surface area contributed by atoms with Crippen molar-refractivity contribution in [1.29, 1.82) is 0 Å². The van der Waals surface area contributed by atoms with Crippen LogP contribution >= 0.6 is 0 Å². The summed E-state index contributed by atoms with van der Waals surface area (Å²) in [5.41, 5.74) is 0. The van der Waals surface area contributed by atoms with Crippen LogP contribution in [0, 0.1) is 0 Å². The third-order valence-electron chi connectivity index (χ3n) is 3.88. The molecule has 0 fully saturated rings. The molecule has 0 spiro atoms. The zero-order chi connectivity index (χ0) is 10.2. The summed E-state index contributed by atoms with van der Waals surface area (Å²) in [7, 11) is 13.1. The average Bonchev–Trinajstić information content (AvgIpc) is 1.86. The number of nitrogens with zero attached hydrogens (tertiary/aromatic N) is 3. The molecule has 0 atom stereocenters.